The van der Waals surface area contributed by atoms with Gasteiger partial charge in [0, 0.05) is 12.1 Å². The first-order valence-electron chi connectivity index (χ1n) is 5.39. The van der Waals surface area contributed by atoms with Crippen molar-refractivity contribution in [2.75, 3.05) is 5.32 Å². The molecule has 16 heavy (non-hydrogen) atoms. The Labute approximate surface area is 95.1 Å². The van der Waals surface area contributed by atoms with Gasteiger partial charge in [0.15, 0.2) is 0 Å². The van der Waals surface area contributed by atoms with E-state index in [1.54, 1.807) is 0 Å². The Morgan fingerprint density at radius 3 is 2.81 bits per heavy atom. The van der Waals surface area contributed by atoms with E-state index in [9.17, 15) is 4.79 Å². The van der Waals surface area contributed by atoms with Crippen LogP contribution in [-0.2, 0) is 11.2 Å². The third-order valence-electron chi connectivity index (χ3n) is 3.15. The number of hydrogen-bond donors (Lipinski definition) is 1. The summed E-state index contributed by atoms with van der Waals surface area (Å²) in [6.07, 6.45) is 0.966. The van der Waals surface area contributed by atoms with Crippen LogP contribution in [0.5, 0.6) is 0 Å². The van der Waals surface area contributed by atoms with Crippen LogP contribution in [0, 0.1) is 31.1 Å². The zero-order valence-electron chi connectivity index (χ0n) is 9.50. The number of anilines is 1. The molecule has 0 aliphatic carbocycles. The summed E-state index contributed by atoms with van der Waals surface area (Å²) in [5.41, 5.74) is 4.45. The Morgan fingerprint density at radius 1 is 1.44 bits per heavy atom. The lowest BCUT2D eigenvalue weighted by Gasteiger charge is -2.24. The Hall–Kier alpha value is -1.82. The molecular weight excluding hydrogens is 200 g/mol. The highest BCUT2D eigenvalue weighted by atomic mass is 16.1. The number of nitrogens with zero attached hydrogens (tertiary/aromatic N) is 1. The van der Waals surface area contributed by atoms with Crippen LogP contribution < -0.4 is 5.32 Å². The number of aryl methyl sites for hydroxylation is 2. The number of carbonyl (C=O) groups is 1. The van der Waals surface area contributed by atoms with Gasteiger partial charge in [0.1, 0.15) is 0 Å². The van der Waals surface area contributed by atoms with E-state index < -0.39 is 0 Å². The Kier molecular flexibility index (Phi) is 2.66. The predicted molar refractivity (Wildman–Crippen MR) is 62.0 cm³/mol. The summed E-state index contributed by atoms with van der Waals surface area (Å²) in [5, 5.41) is 11.5. The maximum Gasteiger partial charge on any atom is 0.228 e. The van der Waals surface area contributed by atoms with Gasteiger partial charge in [0.05, 0.1) is 12.0 Å². The molecule has 0 spiro atoms. The first-order valence-corrected chi connectivity index (χ1v) is 5.39. The largest absolute Gasteiger partial charge is 0.326 e. The SMILES string of the molecule is Cc1cc2c(cc1C)NC(=O)C(CC#N)C2. The standard InChI is InChI=1S/C13H14N2O/c1-8-5-11-7-10(3-4-14)13(16)15-12(11)6-9(8)2/h5-6,10H,3,7H2,1-2H3,(H,15,16). The van der Waals surface area contributed by atoms with E-state index in [-0.39, 0.29) is 18.2 Å². The second-order valence-corrected chi connectivity index (χ2v) is 4.35. The van der Waals surface area contributed by atoms with Crippen molar-refractivity contribution in [1.29, 1.82) is 5.26 Å². The van der Waals surface area contributed by atoms with Crippen molar-refractivity contribution in [3.8, 4) is 6.07 Å². The summed E-state index contributed by atoms with van der Waals surface area (Å²) < 4.78 is 0. The lowest BCUT2D eigenvalue weighted by atomic mass is 9.89. The number of hydrogen-bond acceptors (Lipinski definition) is 2. The van der Waals surface area contributed by atoms with Crippen LogP contribution in [0.1, 0.15) is 23.1 Å². The van der Waals surface area contributed by atoms with Gasteiger partial charge in [0.25, 0.3) is 0 Å². The number of rotatable bonds is 1. The zero-order chi connectivity index (χ0) is 11.7. The molecule has 0 saturated heterocycles. The minimum absolute atomic E-state index is 0.0303. The molecule has 0 aromatic heterocycles. The molecule has 1 aliphatic heterocycles. The molecule has 0 saturated carbocycles. The van der Waals surface area contributed by atoms with Gasteiger partial charge >= 0.3 is 0 Å². The number of benzene rings is 1. The van der Waals surface area contributed by atoms with Gasteiger partial charge in [-0.3, -0.25) is 4.79 Å². The monoisotopic (exact) mass is 214 g/mol. The fraction of sp³-hybridized carbons (Fsp3) is 0.385. The van der Waals surface area contributed by atoms with Gasteiger partial charge in [-0.05, 0) is 43.0 Å². The molecule has 1 unspecified atom stereocenters. The van der Waals surface area contributed by atoms with E-state index in [1.165, 1.54) is 11.1 Å². The maximum absolute atomic E-state index is 11.7. The van der Waals surface area contributed by atoms with E-state index >= 15 is 0 Å². The van der Waals surface area contributed by atoms with Crippen molar-refractivity contribution in [3.05, 3.63) is 28.8 Å². The second-order valence-electron chi connectivity index (χ2n) is 4.35. The molecule has 2 rings (SSSR count). The normalized spacial score (nSPS) is 18.6. The third-order valence-corrected chi connectivity index (χ3v) is 3.15. The summed E-state index contributed by atoms with van der Waals surface area (Å²) in [4.78, 5) is 11.7. The third kappa shape index (κ3) is 1.79. The first-order chi connectivity index (χ1) is 7.61. The lowest BCUT2D eigenvalue weighted by molar-refractivity contribution is -0.120. The molecular formula is C13H14N2O. The molecule has 1 aromatic carbocycles. The second kappa shape index (κ2) is 3.97. The van der Waals surface area contributed by atoms with E-state index in [1.807, 2.05) is 13.0 Å². The molecule has 3 nitrogen and oxygen atoms in total. The van der Waals surface area contributed by atoms with Crippen molar-refractivity contribution in [2.24, 2.45) is 5.92 Å². The van der Waals surface area contributed by atoms with E-state index in [2.05, 4.69) is 24.4 Å². The summed E-state index contributed by atoms with van der Waals surface area (Å²) >= 11 is 0. The average Bonchev–Trinajstić information content (AvgIpc) is 2.23. The minimum Gasteiger partial charge on any atom is -0.326 e. The molecule has 0 bridgehead atoms. The lowest BCUT2D eigenvalue weighted by Crippen LogP contribution is -2.29. The average molecular weight is 214 g/mol. The quantitative estimate of drug-likeness (QED) is 0.780. The number of amides is 1. The molecule has 3 heteroatoms. The van der Waals surface area contributed by atoms with Crippen molar-refractivity contribution in [3.63, 3.8) is 0 Å². The molecule has 1 aromatic rings. The topological polar surface area (TPSA) is 52.9 Å². The molecule has 1 heterocycles. The van der Waals surface area contributed by atoms with E-state index in [4.69, 9.17) is 5.26 Å². The Bertz CT molecular complexity index is 485. The van der Waals surface area contributed by atoms with Gasteiger partial charge < -0.3 is 5.32 Å². The number of nitriles is 1. The van der Waals surface area contributed by atoms with Crippen LogP contribution >= 0.6 is 0 Å². The molecule has 1 aliphatic rings. The van der Waals surface area contributed by atoms with Crippen LogP contribution in [0.25, 0.3) is 0 Å². The summed E-state index contributed by atoms with van der Waals surface area (Å²) in [6, 6.07) is 6.17. The van der Waals surface area contributed by atoms with E-state index in [0.29, 0.717) is 6.42 Å². The first kappa shape index (κ1) is 10.7. The van der Waals surface area contributed by atoms with Crippen LogP contribution in [0.3, 0.4) is 0 Å². The summed E-state index contributed by atoms with van der Waals surface area (Å²) in [5.74, 6) is -0.225. The van der Waals surface area contributed by atoms with Crippen LogP contribution in [0.15, 0.2) is 12.1 Å². The van der Waals surface area contributed by atoms with Crippen LogP contribution in [0.4, 0.5) is 5.69 Å². The van der Waals surface area contributed by atoms with E-state index in [0.717, 1.165) is 11.3 Å². The number of fused-ring (bicyclic) bond motifs is 1. The van der Waals surface area contributed by atoms with Gasteiger partial charge in [-0.15, -0.1) is 0 Å². The number of carbonyl (C=O) groups excluding carboxylic acids is 1. The highest BCUT2D eigenvalue weighted by Crippen LogP contribution is 2.29. The predicted octanol–water partition coefficient (Wildman–Crippen LogP) is 2.33. The fourth-order valence-corrected chi connectivity index (χ4v) is 2.03. The van der Waals surface area contributed by atoms with Gasteiger partial charge in [-0.25, -0.2) is 0 Å². The van der Waals surface area contributed by atoms with Crippen molar-refractivity contribution in [2.45, 2.75) is 26.7 Å². The van der Waals surface area contributed by atoms with Crippen molar-refractivity contribution in [1.82, 2.24) is 0 Å². The molecule has 0 radical (unpaired) electrons. The van der Waals surface area contributed by atoms with Gasteiger partial charge in [-0.1, -0.05) is 6.07 Å². The zero-order valence-corrected chi connectivity index (χ0v) is 9.50. The highest BCUT2D eigenvalue weighted by Gasteiger charge is 2.26. The maximum atomic E-state index is 11.7. The van der Waals surface area contributed by atoms with Gasteiger partial charge in [-0.2, -0.15) is 5.26 Å². The molecule has 1 amide bonds. The summed E-state index contributed by atoms with van der Waals surface area (Å²) in [7, 11) is 0. The highest BCUT2D eigenvalue weighted by molar-refractivity contribution is 5.96. The summed E-state index contributed by atoms with van der Waals surface area (Å²) in [6.45, 7) is 4.09. The van der Waals surface area contributed by atoms with Crippen LogP contribution in [-0.4, -0.2) is 5.91 Å². The molecule has 0 fully saturated rings. The molecule has 82 valence electrons. The molecule has 1 N–H and O–H groups in total. The van der Waals surface area contributed by atoms with Crippen molar-refractivity contribution >= 4 is 11.6 Å². The Morgan fingerprint density at radius 2 is 2.12 bits per heavy atom. The number of nitrogens with one attached hydrogen (secondary N) is 1. The van der Waals surface area contributed by atoms with Crippen LogP contribution in [0.2, 0.25) is 0 Å². The fourth-order valence-electron chi connectivity index (χ4n) is 2.03. The minimum atomic E-state index is -0.195. The molecule has 1 atom stereocenters. The smallest absolute Gasteiger partial charge is 0.228 e. The van der Waals surface area contributed by atoms with Gasteiger partial charge in [0.2, 0.25) is 5.91 Å². The van der Waals surface area contributed by atoms with Crippen molar-refractivity contribution < 1.29 is 4.79 Å². The Balaban J connectivity index is 2.36.